The Labute approximate surface area is 146 Å². The Morgan fingerprint density at radius 3 is 2.58 bits per heavy atom. The molecule has 1 rings (SSSR count). The summed E-state index contributed by atoms with van der Waals surface area (Å²) in [6.07, 6.45) is 4.54. The summed E-state index contributed by atoms with van der Waals surface area (Å²) in [5.74, 6) is 0.470. The lowest BCUT2D eigenvalue weighted by Crippen LogP contribution is -2.35. The van der Waals surface area contributed by atoms with Crippen LogP contribution in [-0.4, -0.2) is 43.6 Å². The zero-order valence-electron chi connectivity index (χ0n) is 15.4. The van der Waals surface area contributed by atoms with Gasteiger partial charge in [-0.3, -0.25) is 4.79 Å². The standard InChI is InChI=1S/C19H33N3O2/c1-4-7-8-9-14-24-18-15-16(20)10-11-17(18)19(23)21-12-13-22(5-2)6-3/h10-11,15H,4-9,12-14,20H2,1-3H3,(H,21,23). The number of benzene rings is 1. The number of hydrogen-bond donors (Lipinski definition) is 2. The first-order valence-corrected chi connectivity index (χ1v) is 9.15. The maximum Gasteiger partial charge on any atom is 0.255 e. The highest BCUT2D eigenvalue weighted by atomic mass is 16.5. The summed E-state index contributed by atoms with van der Waals surface area (Å²) in [5, 5.41) is 2.97. The van der Waals surface area contributed by atoms with Crippen LogP contribution in [0.5, 0.6) is 5.75 Å². The smallest absolute Gasteiger partial charge is 0.255 e. The quantitative estimate of drug-likeness (QED) is 0.454. The normalized spacial score (nSPS) is 10.8. The van der Waals surface area contributed by atoms with Crippen LogP contribution in [0.2, 0.25) is 0 Å². The van der Waals surface area contributed by atoms with Crippen LogP contribution >= 0.6 is 0 Å². The highest BCUT2D eigenvalue weighted by molar-refractivity contribution is 5.97. The van der Waals surface area contributed by atoms with Gasteiger partial charge in [0.1, 0.15) is 5.75 Å². The molecule has 5 heteroatoms. The van der Waals surface area contributed by atoms with Gasteiger partial charge in [-0.25, -0.2) is 0 Å². The summed E-state index contributed by atoms with van der Waals surface area (Å²) < 4.78 is 5.80. The first kappa shape index (κ1) is 20.3. The minimum absolute atomic E-state index is 0.106. The van der Waals surface area contributed by atoms with Gasteiger partial charge < -0.3 is 20.7 Å². The topological polar surface area (TPSA) is 67.6 Å². The maximum absolute atomic E-state index is 12.4. The Balaban J connectivity index is 2.57. The Kier molecular flexibility index (Phi) is 9.92. The van der Waals surface area contributed by atoms with Crippen molar-refractivity contribution in [3.8, 4) is 5.75 Å². The number of nitrogens with zero attached hydrogens (tertiary/aromatic N) is 1. The van der Waals surface area contributed by atoms with Gasteiger partial charge in [-0.2, -0.15) is 0 Å². The summed E-state index contributed by atoms with van der Waals surface area (Å²) in [6.45, 7) is 10.5. The first-order valence-electron chi connectivity index (χ1n) is 9.15. The van der Waals surface area contributed by atoms with Crippen LogP contribution < -0.4 is 15.8 Å². The van der Waals surface area contributed by atoms with Crippen molar-refractivity contribution >= 4 is 11.6 Å². The number of nitrogens with one attached hydrogen (secondary N) is 1. The number of nitrogens with two attached hydrogens (primary N) is 1. The average Bonchev–Trinajstić information content (AvgIpc) is 2.58. The minimum Gasteiger partial charge on any atom is -0.493 e. The molecule has 0 aromatic heterocycles. The lowest BCUT2D eigenvalue weighted by Gasteiger charge is -2.18. The molecule has 3 N–H and O–H groups in total. The molecule has 0 saturated carbocycles. The third kappa shape index (κ3) is 7.21. The molecule has 136 valence electrons. The van der Waals surface area contributed by atoms with Crippen molar-refractivity contribution in [2.45, 2.75) is 46.5 Å². The van der Waals surface area contributed by atoms with Crippen molar-refractivity contribution in [2.75, 3.05) is 38.5 Å². The molecule has 0 atom stereocenters. The molecule has 0 aliphatic rings. The zero-order chi connectivity index (χ0) is 17.8. The minimum atomic E-state index is -0.106. The number of unbranched alkanes of at least 4 members (excludes halogenated alkanes) is 3. The van der Waals surface area contributed by atoms with E-state index in [1.807, 2.05) is 0 Å². The van der Waals surface area contributed by atoms with Crippen LogP contribution in [0.1, 0.15) is 56.8 Å². The predicted molar refractivity (Wildman–Crippen MR) is 101 cm³/mol. The number of likely N-dealkylation sites (N-methyl/N-ethyl adjacent to an activating group) is 1. The fraction of sp³-hybridized carbons (Fsp3) is 0.632. The van der Waals surface area contributed by atoms with Gasteiger partial charge >= 0.3 is 0 Å². The summed E-state index contributed by atoms with van der Waals surface area (Å²) in [5.41, 5.74) is 7.00. The molecule has 1 aromatic rings. The monoisotopic (exact) mass is 335 g/mol. The van der Waals surface area contributed by atoms with Gasteiger partial charge in [0, 0.05) is 24.8 Å². The van der Waals surface area contributed by atoms with Crippen LogP contribution in [-0.2, 0) is 0 Å². The fourth-order valence-electron chi connectivity index (χ4n) is 2.52. The van der Waals surface area contributed by atoms with Crippen LogP contribution in [0.3, 0.4) is 0 Å². The van der Waals surface area contributed by atoms with Crippen LogP contribution in [0.15, 0.2) is 18.2 Å². The molecule has 0 bridgehead atoms. The summed E-state index contributed by atoms with van der Waals surface area (Å²) in [7, 11) is 0. The van der Waals surface area contributed by atoms with Gasteiger partial charge in [0.2, 0.25) is 0 Å². The maximum atomic E-state index is 12.4. The largest absolute Gasteiger partial charge is 0.493 e. The summed E-state index contributed by atoms with van der Waals surface area (Å²) >= 11 is 0. The molecule has 0 aliphatic carbocycles. The van der Waals surface area contributed by atoms with Gasteiger partial charge in [0.05, 0.1) is 12.2 Å². The number of ether oxygens (including phenoxy) is 1. The fourth-order valence-corrected chi connectivity index (χ4v) is 2.52. The molecule has 24 heavy (non-hydrogen) atoms. The molecule has 0 heterocycles. The van der Waals surface area contributed by atoms with Gasteiger partial charge in [-0.05, 0) is 31.6 Å². The summed E-state index contributed by atoms with van der Waals surface area (Å²) in [4.78, 5) is 14.7. The van der Waals surface area contributed by atoms with Crippen LogP contribution in [0.25, 0.3) is 0 Å². The third-order valence-corrected chi connectivity index (χ3v) is 4.11. The molecule has 0 radical (unpaired) electrons. The van der Waals surface area contributed by atoms with Crippen molar-refractivity contribution in [3.05, 3.63) is 23.8 Å². The highest BCUT2D eigenvalue weighted by Crippen LogP contribution is 2.22. The van der Waals surface area contributed by atoms with E-state index in [-0.39, 0.29) is 5.91 Å². The Bertz CT molecular complexity index is 488. The van der Waals surface area contributed by atoms with E-state index in [1.165, 1.54) is 12.8 Å². The second-order valence-electron chi connectivity index (χ2n) is 5.95. The van der Waals surface area contributed by atoms with E-state index in [0.717, 1.165) is 32.5 Å². The predicted octanol–water partition coefficient (Wildman–Crippen LogP) is 3.30. The Hall–Kier alpha value is -1.75. The molecule has 0 saturated heterocycles. The molecule has 1 aromatic carbocycles. The molecule has 0 spiro atoms. The van der Waals surface area contributed by atoms with Gasteiger partial charge in [-0.1, -0.05) is 40.0 Å². The Morgan fingerprint density at radius 2 is 1.92 bits per heavy atom. The lowest BCUT2D eigenvalue weighted by atomic mass is 10.1. The molecule has 1 amide bonds. The second kappa shape index (κ2) is 11.7. The molecule has 0 aliphatic heterocycles. The number of carbonyl (C=O) groups is 1. The number of anilines is 1. The van der Waals surface area contributed by atoms with E-state index in [2.05, 4.69) is 31.0 Å². The second-order valence-corrected chi connectivity index (χ2v) is 5.95. The number of carbonyl (C=O) groups excluding carboxylic acids is 1. The van der Waals surface area contributed by atoms with Crippen LogP contribution in [0.4, 0.5) is 5.69 Å². The van der Waals surface area contributed by atoms with E-state index >= 15 is 0 Å². The molecule has 0 unspecified atom stereocenters. The van der Waals surface area contributed by atoms with E-state index < -0.39 is 0 Å². The number of rotatable bonds is 12. The van der Waals surface area contributed by atoms with E-state index in [0.29, 0.717) is 30.2 Å². The lowest BCUT2D eigenvalue weighted by molar-refractivity contribution is 0.0945. The third-order valence-electron chi connectivity index (χ3n) is 4.11. The first-order chi connectivity index (χ1) is 11.6. The van der Waals surface area contributed by atoms with E-state index in [1.54, 1.807) is 18.2 Å². The molecular weight excluding hydrogens is 302 g/mol. The van der Waals surface area contributed by atoms with Gasteiger partial charge in [-0.15, -0.1) is 0 Å². The molecule has 5 nitrogen and oxygen atoms in total. The van der Waals surface area contributed by atoms with Crippen molar-refractivity contribution < 1.29 is 9.53 Å². The van der Waals surface area contributed by atoms with Crippen molar-refractivity contribution in [1.82, 2.24) is 10.2 Å². The number of hydrogen-bond acceptors (Lipinski definition) is 4. The molecule has 0 fully saturated rings. The van der Waals surface area contributed by atoms with E-state index in [4.69, 9.17) is 10.5 Å². The van der Waals surface area contributed by atoms with Gasteiger partial charge in [0.15, 0.2) is 0 Å². The number of amides is 1. The van der Waals surface area contributed by atoms with Crippen LogP contribution in [0, 0.1) is 0 Å². The van der Waals surface area contributed by atoms with Gasteiger partial charge in [0.25, 0.3) is 5.91 Å². The Morgan fingerprint density at radius 1 is 1.17 bits per heavy atom. The highest BCUT2D eigenvalue weighted by Gasteiger charge is 2.13. The zero-order valence-corrected chi connectivity index (χ0v) is 15.4. The van der Waals surface area contributed by atoms with E-state index in [9.17, 15) is 4.79 Å². The van der Waals surface area contributed by atoms with Crippen molar-refractivity contribution in [3.63, 3.8) is 0 Å². The summed E-state index contributed by atoms with van der Waals surface area (Å²) in [6, 6.07) is 5.21. The van der Waals surface area contributed by atoms with Crippen molar-refractivity contribution in [1.29, 1.82) is 0 Å². The number of nitrogen functional groups attached to an aromatic ring is 1. The molecular formula is C19H33N3O2. The average molecular weight is 335 g/mol. The van der Waals surface area contributed by atoms with Crippen molar-refractivity contribution in [2.24, 2.45) is 0 Å². The SMILES string of the molecule is CCCCCCOc1cc(N)ccc1C(=O)NCCN(CC)CC.